The number of nitrogens with zero attached hydrogens (tertiary/aromatic N) is 5. The maximum Gasteiger partial charge on any atom is 0.191 e. The summed E-state index contributed by atoms with van der Waals surface area (Å²) < 4.78 is 3.35. The number of rotatable bonds is 8. The molecule has 2 fully saturated rings. The van der Waals surface area contributed by atoms with Crippen molar-refractivity contribution in [2.45, 2.75) is 36.9 Å². The third-order valence-electron chi connectivity index (χ3n) is 6.44. The topological polar surface area (TPSA) is 46.8 Å². The monoisotopic (exact) mass is 519 g/mol. The predicted molar refractivity (Wildman–Crippen MR) is 132 cm³/mol. The second kappa shape index (κ2) is 9.61. The minimum absolute atomic E-state index is 0. The van der Waals surface area contributed by atoms with Gasteiger partial charge in [0.2, 0.25) is 0 Å². The van der Waals surface area contributed by atoms with Crippen molar-refractivity contribution in [3.63, 3.8) is 0 Å². The highest BCUT2D eigenvalue weighted by Gasteiger charge is 2.60. The van der Waals surface area contributed by atoms with Crippen LogP contribution in [0, 0.1) is 5.92 Å². The molecule has 0 bridgehead atoms. The first-order chi connectivity index (χ1) is 14.7. The summed E-state index contributed by atoms with van der Waals surface area (Å²) in [5, 5.41) is 9.86. The van der Waals surface area contributed by atoms with Gasteiger partial charge in [0, 0.05) is 53.2 Å². The number of hydrogen-bond donors (Lipinski definition) is 0. The lowest BCUT2D eigenvalue weighted by atomic mass is 9.95. The average molecular weight is 521 g/mol. The number of piperidine rings is 1. The highest BCUT2D eigenvalue weighted by atomic mass is 79.9. The number of pyridine rings is 1. The standard InChI is InChI=1S/C23H26BrN5S.ClH/c1-2-29-21(17-5-3-10-25-14-17)26-27-22(29)30-12-4-11-28-15-19-13-23(19,16-28)18-6-8-20(24)9-7-18;/h3,5-10,14,19H,2,4,11-13,15-16H2,1H3;1H/t19-,23?;/m1./s1. The molecule has 2 atom stereocenters. The van der Waals surface area contributed by atoms with Crippen LogP contribution in [0.5, 0.6) is 0 Å². The van der Waals surface area contributed by atoms with Crippen LogP contribution < -0.4 is 0 Å². The van der Waals surface area contributed by atoms with Crippen molar-refractivity contribution < 1.29 is 0 Å². The van der Waals surface area contributed by atoms with E-state index in [1.54, 1.807) is 6.20 Å². The minimum atomic E-state index is 0. The van der Waals surface area contributed by atoms with E-state index in [9.17, 15) is 0 Å². The van der Waals surface area contributed by atoms with E-state index in [1.165, 1.54) is 36.0 Å². The van der Waals surface area contributed by atoms with Gasteiger partial charge >= 0.3 is 0 Å². The maximum absolute atomic E-state index is 4.44. The molecule has 1 aliphatic heterocycles. The van der Waals surface area contributed by atoms with Gasteiger partial charge in [-0.25, -0.2) is 0 Å². The van der Waals surface area contributed by atoms with Gasteiger partial charge < -0.3 is 9.47 Å². The van der Waals surface area contributed by atoms with Crippen LogP contribution >= 0.6 is 40.1 Å². The third kappa shape index (κ3) is 4.56. The highest BCUT2D eigenvalue weighted by molar-refractivity contribution is 9.10. The Morgan fingerprint density at radius 2 is 2.03 bits per heavy atom. The zero-order valence-electron chi connectivity index (χ0n) is 17.6. The van der Waals surface area contributed by atoms with E-state index in [4.69, 9.17) is 0 Å². The molecule has 1 aliphatic carbocycles. The van der Waals surface area contributed by atoms with Crippen LogP contribution in [0.15, 0.2) is 58.4 Å². The number of thioether (sulfide) groups is 1. The molecule has 1 saturated heterocycles. The molecule has 0 radical (unpaired) electrons. The Kier molecular flexibility index (Phi) is 7.06. The van der Waals surface area contributed by atoms with E-state index >= 15 is 0 Å². The second-order valence-corrected chi connectivity index (χ2v) is 10.3. The molecule has 31 heavy (non-hydrogen) atoms. The molecule has 2 aromatic heterocycles. The molecule has 2 aliphatic rings. The van der Waals surface area contributed by atoms with Crippen molar-refractivity contribution in [1.82, 2.24) is 24.6 Å². The predicted octanol–water partition coefficient (Wildman–Crippen LogP) is 5.30. The zero-order chi connectivity index (χ0) is 20.6. The summed E-state index contributed by atoms with van der Waals surface area (Å²) in [6.07, 6.45) is 6.17. The van der Waals surface area contributed by atoms with Gasteiger partial charge in [-0.3, -0.25) is 4.98 Å². The Morgan fingerprint density at radius 3 is 2.77 bits per heavy atom. The van der Waals surface area contributed by atoms with Crippen molar-refractivity contribution in [3.8, 4) is 11.4 Å². The van der Waals surface area contributed by atoms with Crippen molar-refractivity contribution in [1.29, 1.82) is 0 Å². The van der Waals surface area contributed by atoms with Crippen LogP contribution in [0.2, 0.25) is 0 Å². The molecule has 0 amide bonds. The van der Waals surface area contributed by atoms with Crippen molar-refractivity contribution >= 4 is 40.1 Å². The molecule has 0 spiro atoms. The summed E-state index contributed by atoms with van der Waals surface area (Å²) in [5.41, 5.74) is 2.97. The minimum Gasteiger partial charge on any atom is -0.302 e. The quantitative estimate of drug-likeness (QED) is 0.298. The molecule has 5 nitrogen and oxygen atoms in total. The number of fused-ring (bicyclic) bond motifs is 1. The van der Waals surface area contributed by atoms with Crippen LogP contribution in [0.4, 0.5) is 0 Å². The smallest absolute Gasteiger partial charge is 0.191 e. The second-order valence-electron chi connectivity index (χ2n) is 8.29. The van der Waals surface area contributed by atoms with Crippen molar-refractivity contribution in [2.75, 3.05) is 25.4 Å². The number of benzene rings is 1. The Hall–Kier alpha value is -1.41. The fourth-order valence-electron chi connectivity index (χ4n) is 4.83. The van der Waals surface area contributed by atoms with E-state index in [-0.39, 0.29) is 12.4 Å². The first-order valence-corrected chi connectivity index (χ1v) is 12.4. The largest absolute Gasteiger partial charge is 0.302 e. The number of likely N-dealkylation sites (tertiary alicyclic amines) is 1. The van der Waals surface area contributed by atoms with E-state index in [2.05, 4.69) is 71.8 Å². The van der Waals surface area contributed by atoms with E-state index < -0.39 is 0 Å². The Morgan fingerprint density at radius 1 is 1.19 bits per heavy atom. The molecule has 8 heteroatoms. The molecule has 5 rings (SSSR count). The third-order valence-corrected chi connectivity index (χ3v) is 8.02. The number of halogens is 2. The van der Waals surface area contributed by atoms with Crippen LogP contribution in [-0.4, -0.2) is 50.0 Å². The van der Waals surface area contributed by atoms with Crippen LogP contribution in [-0.2, 0) is 12.0 Å². The van der Waals surface area contributed by atoms with Crippen LogP contribution in [0.1, 0.15) is 25.3 Å². The molecule has 1 unspecified atom stereocenters. The molecule has 3 heterocycles. The Bertz CT molecular complexity index is 1010. The molecule has 1 saturated carbocycles. The fourth-order valence-corrected chi connectivity index (χ4v) is 6.02. The van der Waals surface area contributed by atoms with Crippen LogP contribution in [0.25, 0.3) is 11.4 Å². The molecular formula is C23H27BrClN5S. The lowest BCUT2D eigenvalue weighted by Gasteiger charge is -2.21. The summed E-state index contributed by atoms with van der Waals surface area (Å²) >= 11 is 5.37. The van der Waals surface area contributed by atoms with Crippen molar-refractivity contribution in [3.05, 3.63) is 58.8 Å². The zero-order valence-corrected chi connectivity index (χ0v) is 20.8. The van der Waals surface area contributed by atoms with Gasteiger partial charge in [0.25, 0.3) is 0 Å². The molecule has 1 aromatic carbocycles. The average Bonchev–Trinajstić information content (AvgIpc) is 3.14. The summed E-state index contributed by atoms with van der Waals surface area (Å²) in [7, 11) is 0. The fraction of sp³-hybridized carbons (Fsp3) is 0.435. The highest BCUT2D eigenvalue weighted by Crippen LogP contribution is 2.59. The first-order valence-electron chi connectivity index (χ1n) is 10.6. The lowest BCUT2D eigenvalue weighted by molar-refractivity contribution is 0.299. The van der Waals surface area contributed by atoms with E-state index in [0.717, 1.165) is 41.3 Å². The maximum atomic E-state index is 4.44. The SMILES string of the molecule is CCn1c(SCCCN2C[C@H]3CC3(c3ccc(Br)cc3)C2)nnc1-c1cccnc1.Cl. The Balaban J connectivity index is 0.00000231. The molecule has 164 valence electrons. The van der Waals surface area contributed by atoms with E-state index in [1.807, 2.05) is 30.1 Å². The van der Waals surface area contributed by atoms with Gasteiger partial charge in [-0.1, -0.05) is 39.8 Å². The normalized spacial score (nSPS) is 22.2. The molecule has 3 aromatic rings. The lowest BCUT2D eigenvalue weighted by Crippen LogP contribution is -2.27. The Labute approximate surface area is 202 Å². The first kappa shape index (κ1) is 22.8. The summed E-state index contributed by atoms with van der Waals surface area (Å²) in [5.74, 6) is 2.82. The van der Waals surface area contributed by atoms with Gasteiger partial charge in [-0.05, 0) is 62.1 Å². The number of hydrogen-bond acceptors (Lipinski definition) is 5. The van der Waals surface area contributed by atoms with Gasteiger partial charge in [-0.2, -0.15) is 0 Å². The molecule has 0 N–H and O–H groups in total. The van der Waals surface area contributed by atoms with Crippen molar-refractivity contribution in [2.24, 2.45) is 5.92 Å². The molecular weight excluding hydrogens is 494 g/mol. The summed E-state index contributed by atoms with van der Waals surface area (Å²) in [4.78, 5) is 6.87. The van der Waals surface area contributed by atoms with Gasteiger partial charge in [0.1, 0.15) is 0 Å². The van der Waals surface area contributed by atoms with Gasteiger partial charge in [0.15, 0.2) is 11.0 Å². The van der Waals surface area contributed by atoms with E-state index in [0.29, 0.717) is 5.41 Å². The van der Waals surface area contributed by atoms with Crippen LogP contribution in [0.3, 0.4) is 0 Å². The van der Waals surface area contributed by atoms with Gasteiger partial charge in [-0.15, -0.1) is 22.6 Å². The number of aromatic nitrogens is 4. The summed E-state index contributed by atoms with van der Waals surface area (Å²) in [6.45, 7) is 6.63. The summed E-state index contributed by atoms with van der Waals surface area (Å²) in [6, 6.07) is 13.0. The van der Waals surface area contributed by atoms with Gasteiger partial charge in [0.05, 0.1) is 0 Å².